The van der Waals surface area contributed by atoms with Gasteiger partial charge >= 0.3 is 6.18 Å². The molecule has 3 rings (SSSR count). The minimum atomic E-state index is -4.47. The zero-order valence-electron chi connectivity index (χ0n) is 23.7. The van der Waals surface area contributed by atoms with Crippen LogP contribution in [0.15, 0.2) is 12.1 Å². The van der Waals surface area contributed by atoms with Crippen molar-refractivity contribution in [1.29, 1.82) is 0 Å². The molecule has 10 heteroatoms. The smallest absolute Gasteiger partial charge is 0.425 e. The number of aliphatic hydroxyl groups is 2. The molecule has 222 valence electrons. The summed E-state index contributed by atoms with van der Waals surface area (Å²) in [7, 11) is 0. The van der Waals surface area contributed by atoms with Gasteiger partial charge < -0.3 is 20.3 Å². The minimum absolute atomic E-state index is 0.00190. The lowest BCUT2D eigenvalue weighted by atomic mass is 9.74. The highest BCUT2D eigenvalue weighted by molar-refractivity contribution is 7.14. The molecular weight excluding hydrogens is 543 g/mol. The van der Waals surface area contributed by atoms with Gasteiger partial charge in [-0.3, -0.25) is 9.59 Å². The fourth-order valence-corrected chi connectivity index (χ4v) is 6.35. The van der Waals surface area contributed by atoms with Gasteiger partial charge in [0, 0.05) is 19.4 Å². The number of alkyl halides is 3. The van der Waals surface area contributed by atoms with Crippen molar-refractivity contribution in [3.05, 3.63) is 49.7 Å². The number of fused-ring (bicyclic) bond motifs is 1. The first-order valence-corrected chi connectivity index (χ1v) is 14.7. The zero-order valence-corrected chi connectivity index (χ0v) is 24.5. The molecule has 0 aliphatic heterocycles. The summed E-state index contributed by atoms with van der Waals surface area (Å²) in [5.74, 6) is 0.0512. The standard InChI is InChI=1S/C30H40F3NO5S/c1-5-19-13-18(14-20(6-2)26(19)39-17-21(36)16-34-25(38)10-12-35)7-8-24(37)27-22-9-11-29(3,4)15-23(22)28(40-27)30(31,32)33/h13-14,21,35-36H,5-12,15-17H2,1-4H3,(H,34,38). The predicted molar refractivity (Wildman–Crippen MR) is 149 cm³/mol. The van der Waals surface area contributed by atoms with Gasteiger partial charge in [-0.25, -0.2) is 0 Å². The van der Waals surface area contributed by atoms with Crippen molar-refractivity contribution in [3.8, 4) is 5.75 Å². The molecule has 1 atom stereocenters. The largest absolute Gasteiger partial charge is 0.490 e. The van der Waals surface area contributed by atoms with Crippen molar-refractivity contribution in [2.24, 2.45) is 5.41 Å². The predicted octanol–water partition coefficient (Wildman–Crippen LogP) is 5.46. The summed E-state index contributed by atoms with van der Waals surface area (Å²) in [6, 6.07) is 3.90. The number of aryl methyl sites for hydroxylation is 3. The Morgan fingerprint density at radius 1 is 1.12 bits per heavy atom. The number of hydrogen-bond acceptors (Lipinski definition) is 6. The van der Waals surface area contributed by atoms with Crippen molar-refractivity contribution in [2.75, 3.05) is 19.8 Å². The van der Waals surface area contributed by atoms with Crippen molar-refractivity contribution < 1.29 is 37.7 Å². The van der Waals surface area contributed by atoms with Crippen LogP contribution in [0, 0.1) is 5.41 Å². The summed E-state index contributed by atoms with van der Waals surface area (Å²) < 4.78 is 47.4. The van der Waals surface area contributed by atoms with Crippen LogP contribution in [0.3, 0.4) is 0 Å². The molecule has 0 fully saturated rings. The van der Waals surface area contributed by atoms with Crippen LogP contribution in [0.1, 0.15) is 89.3 Å². The molecule has 40 heavy (non-hydrogen) atoms. The van der Waals surface area contributed by atoms with Gasteiger partial charge in [-0.1, -0.05) is 39.8 Å². The van der Waals surface area contributed by atoms with Gasteiger partial charge in [-0.05, 0) is 71.8 Å². The van der Waals surface area contributed by atoms with Crippen LogP contribution < -0.4 is 10.1 Å². The van der Waals surface area contributed by atoms with E-state index in [0.717, 1.165) is 23.1 Å². The lowest BCUT2D eigenvalue weighted by Crippen LogP contribution is -2.35. The Bertz CT molecular complexity index is 1180. The molecule has 2 aromatic rings. The Morgan fingerprint density at radius 3 is 2.35 bits per heavy atom. The summed E-state index contributed by atoms with van der Waals surface area (Å²) in [4.78, 5) is 24.4. The van der Waals surface area contributed by atoms with Gasteiger partial charge in [0.15, 0.2) is 5.78 Å². The number of aliphatic hydroxyl groups excluding tert-OH is 2. The molecule has 3 N–H and O–H groups in total. The first-order chi connectivity index (χ1) is 18.8. The van der Waals surface area contributed by atoms with Crippen molar-refractivity contribution in [2.45, 2.75) is 91.3 Å². The van der Waals surface area contributed by atoms with Crippen LogP contribution in [0.25, 0.3) is 0 Å². The average molecular weight is 584 g/mol. The topological polar surface area (TPSA) is 95.9 Å². The average Bonchev–Trinajstić information content (AvgIpc) is 3.27. The third-order valence-corrected chi connectivity index (χ3v) is 8.69. The molecule has 1 heterocycles. The SMILES string of the molecule is CCc1cc(CCC(=O)c2sc(C(F)(F)F)c3c2CCC(C)(C)C3)cc(CC)c1OCC(O)CNC(=O)CCO. The Kier molecular flexibility index (Phi) is 10.8. The molecule has 1 aromatic heterocycles. The number of halogens is 3. The number of hydrogen-bond donors (Lipinski definition) is 3. The van der Waals surface area contributed by atoms with E-state index in [1.54, 1.807) is 0 Å². The summed E-state index contributed by atoms with van der Waals surface area (Å²) in [6.07, 6.45) is -2.06. The van der Waals surface area contributed by atoms with E-state index in [1.165, 1.54) is 0 Å². The van der Waals surface area contributed by atoms with E-state index in [1.807, 2.05) is 39.8 Å². The molecule has 1 aliphatic rings. The fraction of sp³-hybridized carbons (Fsp3) is 0.600. The molecule has 0 radical (unpaired) electrons. The number of Topliss-reactive ketones (excluding diaryl/α,β-unsaturated/α-hetero) is 1. The van der Waals surface area contributed by atoms with E-state index in [2.05, 4.69) is 5.32 Å². The van der Waals surface area contributed by atoms with Gasteiger partial charge in [0.05, 0.1) is 11.5 Å². The quantitative estimate of drug-likeness (QED) is 0.272. The maximum absolute atomic E-state index is 13.8. The molecule has 1 amide bonds. The van der Waals surface area contributed by atoms with E-state index < -0.39 is 17.2 Å². The van der Waals surface area contributed by atoms with Gasteiger partial charge in [0.2, 0.25) is 5.91 Å². The number of amides is 1. The van der Waals surface area contributed by atoms with Gasteiger partial charge in [-0.2, -0.15) is 13.2 Å². The van der Waals surface area contributed by atoms with E-state index in [9.17, 15) is 27.9 Å². The van der Waals surface area contributed by atoms with Gasteiger partial charge in [0.1, 0.15) is 23.3 Å². The number of benzene rings is 1. The second-order valence-electron chi connectivity index (χ2n) is 11.2. The molecule has 1 unspecified atom stereocenters. The highest BCUT2D eigenvalue weighted by atomic mass is 32.1. The number of ketones is 1. The van der Waals surface area contributed by atoms with Crippen molar-refractivity contribution >= 4 is 23.0 Å². The lowest BCUT2D eigenvalue weighted by molar-refractivity contribution is -0.135. The third kappa shape index (κ3) is 8.07. The Labute approximate surface area is 237 Å². The monoisotopic (exact) mass is 583 g/mol. The number of carbonyl (C=O) groups is 2. The van der Waals surface area contributed by atoms with E-state index in [4.69, 9.17) is 9.84 Å². The molecule has 0 spiro atoms. The molecule has 0 saturated heterocycles. The van der Waals surface area contributed by atoms with Crippen LogP contribution >= 0.6 is 11.3 Å². The summed E-state index contributed by atoms with van der Waals surface area (Å²) in [6.45, 7) is 7.59. The number of thiophene rings is 1. The Morgan fingerprint density at radius 2 is 1.77 bits per heavy atom. The molecule has 6 nitrogen and oxygen atoms in total. The second-order valence-corrected chi connectivity index (χ2v) is 12.2. The molecule has 0 saturated carbocycles. The number of ether oxygens (including phenoxy) is 1. The summed E-state index contributed by atoms with van der Waals surface area (Å²) >= 11 is 0.605. The second kappa shape index (κ2) is 13.5. The van der Waals surface area contributed by atoms with Crippen LogP contribution in [0.2, 0.25) is 0 Å². The lowest BCUT2D eigenvalue weighted by Gasteiger charge is -2.30. The number of rotatable bonds is 13. The number of carbonyl (C=O) groups excluding carboxylic acids is 2. The third-order valence-electron chi connectivity index (χ3n) is 7.33. The highest BCUT2D eigenvalue weighted by Gasteiger charge is 2.42. The van der Waals surface area contributed by atoms with Crippen molar-refractivity contribution in [3.63, 3.8) is 0 Å². The van der Waals surface area contributed by atoms with Crippen LogP contribution in [0.4, 0.5) is 13.2 Å². The van der Waals surface area contributed by atoms with Crippen LogP contribution in [0.5, 0.6) is 5.75 Å². The van der Waals surface area contributed by atoms with E-state index in [0.29, 0.717) is 60.3 Å². The molecule has 1 aliphatic carbocycles. The van der Waals surface area contributed by atoms with Gasteiger partial charge in [0.25, 0.3) is 0 Å². The summed E-state index contributed by atoms with van der Waals surface area (Å²) in [5.41, 5.74) is 3.39. The van der Waals surface area contributed by atoms with Gasteiger partial charge in [-0.15, -0.1) is 11.3 Å². The minimum Gasteiger partial charge on any atom is -0.490 e. The van der Waals surface area contributed by atoms with Crippen LogP contribution in [-0.4, -0.2) is 47.8 Å². The molecule has 0 bridgehead atoms. The first kappa shape index (κ1) is 32.1. The maximum Gasteiger partial charge on any atom is 0.425 e. The van der Waals surface area contributed by atoms with Crippen molar-refractivity contribution in [1.82, 2.24) is 5.32 Å². The first-order valence-electron chi connectivity index (χ1n) is 13.9. The summed E-state index contributed by atoms with van der Waals surface area (Å²) in [5, 5.41) is 21.6. The van der Waals surface area contributed by atoms with Crippen LogP contribution in [-0.2, 0) is 43.1 Å². The molecular formula is C30H40F3NO5S. The molecule has 1 aromatic carbocycles. The Balaban J connectivity index is 1.73. The van der Waals surface area contributed by atoms with E-state index >= 15 is 0 Å². The number of nitrogens with one attached hydrogen (secondary N) is 1. The zero-order chi connectivity index (χ0) is 29.7. The fourth-order valence-electron chi connectivity index (χ4n) is 5.15. The highest BCUT2D eigenvalue weighted by Crippen LogP contribution is 2.47. The van der Waals surface area contributed by atoms with E-state index in [-0.39, 0.29) is 54.6 Å². The maximum atomic E-state index is 13.8. The normalized spacial score (nSPS) is 15.4. The Hall–Kier alpha value is -2.43.